The van der Waals surface area contributed by atoms with Crippen LogP contribution in [0.3, 0.4) is 0 Å². The zero-order valence-corrected chi connectivity index (χ0v) is 10.2. The zero-order valence-electron chi connectivity index (χ0n) is 8.55. The molecule has 1 aromatic rings. The number of hydrogen-bond acceptors (Lipinski definition) is 4. The van der Waals surface area contributed by atoms with Crippen molar-refractivity contribution in [3.8, 4) is 0 Å². The highest BCUT2D eigenvalue weighted by Gasteiger charge is 2.28. The van der Waals surface area contributed by atoms with E-state index < -0.39 is 15.9 Å². The van der Waals surface area contributed by atoms with Crippen molar-refractivity contribution in [2.24, 2.45) is 5.73 Å². The molecule has 0 unspecified atom stereocenters. The van der Waals surface area contributed by atoms with Crippen LogP contribution in [-0.4, -0.2) is 31.7 Å². The highest BCUT2D eigenvalue weighted by Crippen LogP contribution is 2.24. The Morgan fingerprint density at radius 2 is 2.00 bits per heavy atom. The molecule has 2 N–H and O–H groups in total. The summed E-state index contributed by atoms with van der Waals surface area (Å²) in [6.07, 6.45) is 1.79. The summed E-state index contributed by atoms with van der Waals surface area (Å²) in [6, 6.07) is 1.35. The first kappa shape index (κ1) is 11.6. The van der Waals surface area contributed by atoms with Gasteiger partial charge in [-0.05, 0) is 18.9 Å². The lowest BCUT2D eigenvalue weighted by Crippen LogP contribution is -2.27. The Balaban J connectivity index is 2.31. The molecular formula is C9H12N2O3S2. The van der Waals surface area contributed by atoms with Gasteiger partial charge in [-0.2, -0.15) is 4.31 Å². The van der Waals surface area contributed by atoms with Gasteiger partial charge in [-0.1, -0.05) is 0 Å². The lowest BCUT2D eigenvalue weighted by molar-refractivity contribution is 0.100. The SMILES string of the molecule is NC(=O)c1cc(S(=O)(=O)N2CCCC2)cs1. The molecule has 2 heterocycles. The molecule has 88 valence electrons. The van der Waals surface area contributed by atoms with Crippen LogP contribution in [0, 0.1) is 0 Å². The number of carbonyl (C=O) groups is 1. The Hall–Kier alpha value is -0.920. The maximum atomic E-state index is 12.1. The highest BCUT2D eigenvalue weighted by molar-refractivity contribution is 7.89. The Morgan fingerprint density at radius 1 is 1.38 bits per heavy atom. The third-order valence-corrected chi connectivity index (χ3v) is 5.49. The van der Waals surface area contributed by atoms with Crippen LogP contribution in [0.4, 0.5) is 0 Å². The minimum atomic E-state index is -3.42. The summed E-state index contributed by atoms with van der Waals surface area (Å²) in [5, 5.41) is 1.47. The van der Waals surface area contributed by atoms with Crippen LogP contribution >= 0.6 is 11.3 Å². The fourth-order valence-electron chi connectivity index (χ4n) is 1.66. The summed E-state index contributed by atoms with van der Waals surface area (Å²) in [6.45, 7) is 1.12. The summed E-state index contributed by atoms with van der Waals surface area (Å²) in [7, 11) is -3.42. The quantitative estimate of drug-likeness (QED) is 0.865. The smallest absolute Gasteiger partial charge is 0.258 e. The van der Waals surface area contributed by atoms with Crippen molar-refractivity contribution in [3.63, 3.8) is 0 Å². The standard InChI is InChI=1S/C9H12N2O3S2/c10-9(12)8-5-7(6-15-8)16(13,14)11-3-1-2-4-11/h5-6H,1-4H2,(H2,10,12). The topological polar surface area (TPSA) is 80.5 Å². The third-order valence-electron chi connectivity index (χ3n) is 2.52. The molecule has 0 atom stereocenters. The molecule has 0 spiro atoms. The first-order chi connectivity index (χ1) is 7.51. The average Bonchev–Trinajstić information content (AvgIpc) is 2.90. The fourth-order valence-corrected chi connectivity index (χ4v) is 4.29. The molecule has 0 saturated carbocycles. The van der Waals surface area contributed by atoms with Crippen molar-refractivity contribution in [1.82, 2.24) is 4.31 Å². The van der Waals surface area contributed by atoms with Gasteiger partial charge in [0, 0.05) is 18.5 Å². The van der Waals surface area contributed by atoms with Gasteiger partial charge in [0.15, 0.2) is 0 Å². The van der Waals surface area contributed by atoms with Crippen molar-refractivity contribution in [2.45, 2.75) is 17.7 Å². The van der Waals surface area contributed by atoms with Gasteiger partial charge in [-0.25, -0.2) is 8.42 Å². The average molecular weight is 260 g/mol. The van der Waals surface area contributed by atoms with E-state index in [-0.39, 0.29) is 9.77 Å². The van der Waals surface area contributed by atoms with Gasteiger partial charge < -0.3 is 5.73 Å². The monoisotopic (exact) mass is 260 g/mol. The van der Waals surface area contributed by atoms with Crippen molar-refractivity contribution in [2.75, 3.05) is 13.1 Å². The van der Waals surface area contributed by atoms with Crippen LogP contribution in [0.2, 0.25) is 0 Å². The molecule has 5 nitrogen and oxygen atoms in total. The molecule has 0 aromatic carbocycles. The molecular weight excluding hydrogens is 248 g/mol. The van der Waals surface area contributed by atoms with Crippen LogP contribution in [0.1, 0.15) is 22.5 Å². The van der Waals surface area contributed by atoms with E-state index in [1.54, 1.807) is 0 Å². The van der Waals surface area contributed by atoms with E-state index in [9.17, 15) is 13.2 Å². The molecule has 1 saturated heterocycles. The van der Waals surface area contributed by atoms with Crippen molar-refractivity contribution in [3.05, 3.63) is 16.3 Å². The minimum absolute atomic E-state index is 0.174. The Bertz CT molecular complexity index is 501. The van der Waals surface area contributed by atoms with Gasteiger partial charge in [0.1, 0.15) is 0 Å². The third kappa shape index (κ3) is 1.98. The second kappa shape index (κ2) is 4.15. The summed E-state index contributed by atoms with van der Waals surface area (Å²) in [5.74, 6) is -0.590. The summed E-state index contributed by atoms with van der Waals surface area (Å²) in [5.41, 5.74) is 5.09. The molecule has 0 bridgehead atoms. The summed E-state index contributed by atoms with van der Waals surface area (Å²) in [4.78, 5) is 11.3. The summed E-state index contributed by atoms with van der Waals surface area (Å²) < 4.78 is 25.5. The lowest BCUT2D eigenvalue weighted by Gasteiger charge is -2.13. The second-order valence-electron chi connectivity index (χ2n) is 3.62. The van der Waals surface area contributed by atoms with Gasteiger partial charge in [-0.3, -0.25) is 4.79 Å². The molecule has 1 aliphatic rings. The largest absolute Gasteiger partial charge is 0.365 e. The number of amides is 1. The normalized spacial score (nSPS) is 17.8. The van der Waals surface area contributed by atoms with Crippen molar-refractivity contribution < 1.29 is 13.2 Å². The molecule has 1 amide bonds. The molecule has 0 aliphatic carbocycles. The van der Waals surface area contributed by atoms with Gasteiger partial charge in [-0.15, -0.1) is 11.3 Å². The number of nitrogens with two attached hydrogens (primary N) is 1. The van der Waals surface area contributed by atoms with Crippen LogP contribution in [0.5, 0.6) is 0 Å². The number of sulfonamides is 1. The molecule has 1 aliphatic heterocycles. The van der Waals surface area contributed by atoms with E-state index in [1.807, 2.05) is 0 Å². The number of hydrogen-bond donors (Lipinski definition) is 1. The maximum Gasteiger partial charge on any atom is 0.258 e. The lowest BCUT2D eigenvalue weighted by atomic mass is 10.4. The van der Waals surface area contributed by atoms with E-state index in [2.05, 4.69) is 0 Å². The van der Waals surface area contributed by atoms with Crippen LogP contribution in [0.15, 0.2) is 16.3 Å². The fraction of sp³-hybridized carbons (Fsp3) is 0.444. The van der Waals surface area contributed by atoms with Gasteiger partial charge in [0.2, 0.25) is 10.0 Å². The van der Waals surface area contributed by atoms with Gasteiger partial charge in [0.05, 0.1) is 9.77 Å². The Morgan fingerprint density at radius 3 is 2.50 bits per heavy atom. The second-order valence-corrected chi connectivity index (χ2v) is 6.47. The molecule has 0 radical (unpaired) electrons. The Labute approximate surface area is 97.9 Å². The Kier molecular flexibility index (Phi) is 3.00. The van der Waals surface area contributed by atoms with Gasteiger partial charge >= 0.3 is 0 Å². The van der Waals surface area contributed by atoms with Crippen molar-refractivity contribution >= 4 is 27.3 Å². The van der Waals surface area contributed by atoms with E-state index in [4.69, 9.17) is 5.73 Å². The minimum Gasteiger partial charge on any atom is -0.365 e. The predicted molar refractivity (Wildman–Crippen MR) is 60.8 cm³/mol. The van der Waals surface area contributed by atoms with E-state index in [1.165, 1.54) is 15.8 Å². The first-order valence-electron chi connectivity index (χ1n) is 4.90. The molecule has 7 heteroatoms. The molecule has 1 fully saturated rings. The molecule has 1 aromatic heterocycles. The first-order valence-corrected chi connectivity index (χ1v) is 7.22. The number of thiophene rings is 1. The number of primary amides is 1. The van der Waals surface area contributed by atoms with Crippen molar-refractivity contribution in [1.29, 1.82) is 0 Å². The number of rotatable bonds is 3. The zero-order chi connectivity index (χ0) is 11.8. The van der Waals surface area contributed by atoms with E-state index in [0.29, 0.717) is 13.1 Å². The van der Waals surface area contributed by atoms with Crippen LogP contribution < -0.4 is 5.73 Å². The van der Waals surface area contributed by atoms with E-state index in [0.717, 1.165) is 24.2 Å². The molecule has 2 rings (SSSR count). The highest BCUT2D eigenvalue weighted by atomic mass is 32.2. The molecule has 16 heavy (non-hydrogen) atoms. The van der Waals surface area contributed by atoms with Crippen LogP contribution in [0.25, 0.3) is 0 Å². The van der Waals surface area contributed by atoms with Crippen LogP contribution in [-0.2, 0) is 10.0 Å². The number of nitrogens with zero attached hydrogens (tertiary/aromatic N) is 1. The van der Waals surface area contributed by atoms with E-state index >= 15 is 0 Å². The predicted octanol–water partition coefficient (Wildman–Crippen LogP) is 0.631. The maximum absolute atomic E-state index is 12.1. The summed E-state index contributed by atoms with van der Waals surface area (Å²) >= 11 is 1.06. The van der Waals surface area contributed by atoms with Gasteiger partial charge in [0.25, 0.3) is 5.91 Å². The number of carbonyl (C=O) groups excluding carboxylic acids is 1.